The van der Waals surface area contributed by atoms with Crippen molar-refractivity contribution in [3.05, 3.63) is 29.3 Å². The Morgan fingerprint density at radius 2 is 1.90 bits per heavy atom. The molecule has 0 aliphatic heterocycles. The molecule has 1 aliphatic carbocycles. The molecule has 6 heteroatoms. The lowest BCUT2D eigenvalue weighted by Gasteiger charge is -2.17. The van der Waals surface area contributed by atoms with Gasteiger partial charge in [-0.1, -0.05) is 6.07 Å². The molecule has 0 aromatic heterocycles. The van der Waals surface area contributed by atoms with E-state index in [1.165, 1.54) is 17.5 Å². The number of rotatable bonds is 5. The number of fused-ring (bicyclic) bond motifs is 1. The minimum Gasteiger partial charge on any atom is -0.328 e. The second-order valence-corrected chi connectivity index (χ2v) is 7.07. The molecule has 0 bridgehead atoms. The smallest absolute Gasteiger partial charge is 0.240 e. The van der Waals surface area contributed by atoms with Crippen molar-refractivity contribution in [2.75, 3.05) is 6.54 Å². The molecule has 1 aromatic rings. The second kappa shape index (κ2) is 7.41. The summed E-state index contributed by atoms with van der Waals surface area (Å²) in [6.45, 7) is 2.25. The Morgan fingerprint density at radius 1 is 1.25 bits per heavy atom. The zero-order valence-corrected chi connectivity index (χ0v) is 13.4. The van der Waals surface area contributed by atoms with Gasteiger partial charge in [-0.05, 0) is 62.3 Å². The molecule has 2 rings (SSSR count). The highest BCUT2D eigenvalue weighted by atomic mass is 35.5. The first kappa shape index (κ1) is 17.4. The fourth-order valence-corrected chi connectivity index (χ4v) is 3.48. The molecule has 1 aliphatic rings. The standard InChI is InChI=1S/C14H22N2O2S.ClH/c1-11(15)8-9-16-19(17,18)14-7-6-12-4-2-3-5-13(12)10-14;/h6-7,10-11,16H,2-5,8-9,15H2,1H3;1H. The van der Waals surface area contributed by atoms with Gasteiger partial charge >= 0.3 is 0 Å². The lowest BCUT2D eigenvalue weighted by atomic mass is 9.92. The van der Waals surface area contributed by atoms with Crippen molar-refractivity contribution in [2.24, 2.45) is 5.73 Å². The summed E-state index contributed by atoms with van der Waals surface area (Å²) in [5, 5.41) is 0. The van der Waals surface area contributed by atoms with Crippen molar-refractivity contribution in [3.63, 3.8) is 0 Å². The van der Waals surface area contributed by atoms with Crippen LogP contribution in [0.3, 0.4) is 0 Å². The van der Waals surface area contributed by atoms with Gasteiger partial charge in [-0.2, -0.15) is 0 Å². The van der Waals surface area contributed by atoms with Gasteiger partial charge in [0.15, 0.2) is 0 Å². The molecule has 4 nitrogen and oxygen atoms in total. The van der Waals surface area contributed by atoms with E-state index in [-0.39, 0.29) is 18.4 Å². The average molecular weight is 319 g/mol. The van der Waals surface area contributed by atoms with Gasteiger partial charge in [0, 0.05) is 12.6 Å². The Kier molecular flexibility index (Phi) is 6.45. The van der Waals surface area contributed by atoms with Crippen molar-refractivity contribution in [1.82, 2.24) is 4.72 Å². The number of halogens is 1. The van der Waals surface area contributed by atoms with Gasteiger partial charge in [0.1, 0.15) is 0 Å². The number of benzene rings is 1. The van der Waals surface area contributed by atoms with Crippen molar-refractivity contribution in [2.45, 2.75) is 50.0 Å². The fraction of sp³-hybridized carbons (Fsp3) is 0.571. The monoisotopic (exact) mass is 318 g/mol. The van der Waals surface area contributed by atoms with Gasteiger partial charge in [-0.15, -0.1) is 12.4 Å². The van der Waals surface area contributed by atoms with Crippen LogP contribution in [0.4, 0.5) is 0 Å². The first-order chi connectivity index (χ1) is 8.99. The number of hydrogen-bond acceptors (Lipinski definition) is 3. The number of nitrogens with one attached hydrogen (secondary N) is 1. The molecule has 20 heavy (non-hydrogen) atoms. The maximum Gasteiger partial charge on any atom is 0.240 e. The van der Waals surface area contributed by atoms with Gasteiger partial charge in [-0.3, -0.25) is 0 Å². The molecule has 114 valence electrons. The molecule has 0 fully saturated rings. The minimum absolute atomic E-state index is 0. The van der Waals surface area contributed by atoms with Crippen LogP contribution in [0.2, 0.25) is 0 Å². The van der Waals surface area contributed by atoms with Crippen LogP contribution >= 0.6 is 12.4 Å². The number of hydrogen-bond donors (Lipinski definition) is 2. The summed E-state index contributed by atoms with van der Waals surface area (Å²) in [6, 6.07) is 5.49. The zero-order chi connectivity index (χ0) is 13.9. The molecule has 1 atom stereocenters. The van der Waals surface area contributed by atoms with E-state index in [4.69, 9.17) is 5.73 Å². The van der Waals surface area contributed by atoms with E-state index in [9.17, 15) is 8.42 Å². The van der Waals surface area contributed by atoms with Crippen molar-refractivity contribution >= 4 is 22.4 Å². The predicted octanol–water partition coefficient (Wildman–Crippen LogP) is 2.00. The van der Waals surface area contributed by atoms with Crippen molar-refractivity contribution in [1.29, 1.82) is 0 Å². The summed E-state index contributed by atoms with van der Waals surface area (Å²) in [5.74, 6) is 0. The van der Waals surface area contributed by atoms with Gasteiger partial charge in [-0.25, -0.2) is 13.1 Å². The Bertz CT molecular complexity index is 544. The molecule has 0 saturated heterocycles. The lowest BCUT2D eigenvalue weighted by molar-refractivity contribution is 0.571. The molecular weight excluding hydrogens is 296 g/mol. The summed E-state index contributed by atoms with van der Waals surface area (Å²) in [7, 11) is -3.39. The average Bonchev–Trinajstić information content (AvgIpc) is 2.37. The highest BCUT2D eigenvalue weighted by Gasteiger charge is 2.17. The van der Waals surface area contributed by atoms with Gasteiger partial charge in [0.05, 0.1) is 4.90 Å². The summed E-state index contributed by atoms with van der Waals surface area (Å²) in [6.07, 6.45) is 5.04. The Labute approximate surface area is 127 Å². The number of aryl methyl sites for hydroxylation is 2. The van der Waals surface area contributed by atoms with E-state index in [1.54, 1.807) is 6.07 Å². The molecule has 0 amide bonds. The summed E-state index contributed by atoms with van der Waals surface area (Å²) < 4.78 is 26.9. The van der Waals surface area contributed by atoms with Gasteiger partial charge in [0.25, 0.3) is 0 Å². The van der Waals surface area contributed by atoms with Crippen molar-refractivity contribution in [3.8, 4) is 0 Å². The first-order valence-corrected chi connectivity index (χ1v) is 8.34. The van der Waals surface area contributed by atoms with Crippen LogP contribution in [-0.2, 0) is 22.9 Å². The maximum absolute atomic E-state index is 12.1. The predicted molar refractivity (Wildman–Crippen MR) is 83.8 cm³/mol. The molecule has 0 radical (unpaired) electrons. The van der Waals surface area contributed by atoms with E-state index in [1.807, 2.05) is 19.1 Å². The Hall–Kier alpha value is -0.620. The molecule has 0 saturated carbocycles. The highest BCUT2D eigenvalue weighted by Crippen LogP contribution is 2.23. The zero-order valence-electron chi connectivity index (χ0n) is 11.8. The molecule has 3 N–H and O–H groups in total. The van der Waals surface area contributed by atoms with E-state index in [2.05, 4.69) is 4.72 Å². The van der Waals surface area contributed by atoms with Crippen LogP contribution in [0.15, 0.2) is 23.1 Å². The Morgan fingerprint density at radius 3 is 2.55 bits per heavy atom. The molecule has 1 unspecified atom stereocenters. The van der Waals surface area contributed by atoms with Crippen LogP contribution in [0.1, 0.15) is 37.3 Å². The normalized spacial score (nSPS) is 16.1. The van der Waals surface area contributed by atoms with E-state index in [0.717, 1.165) is 19.3 Å². The van der Waals surface area contributed by atoms with Crippen LogP contribution in [-0.4, -0.2) is 21.0 Å². The quantitative estimate of drug-likeness (QED) is 0.872. The summed E-state index contributed by atoms with van der Waals surface area (Å²) in [4.78, 5) is 0.373. The number of nitrogens with two attached hydrogens (primary N) is 1. The lowest BCUT2D eigenvalue weighted by Crippen LogP contribution is -2.29. The largest absolute Gasteiger partial charge is 0.328 e. The van der Waals surface area contributed by atoms with Crippen LogP contribution in [0.5, 0.6) is 0 Å². The number of sulfonamides is 1. The highest BCUT2D eigenvalue weighted by molar-refractivity contribution is 7.89. The van der Waals surface area contributed by atoms with Crippen LogP contribution < -0.4 is 10.5 Å². The molecule has 1 aromatic carbocycles. The van der Waals surface area contributed by atoms with E-state index in [0.29, 0.717) is 17.9 Å². The minimum atomic E-state index is -3.39. The molecular formula is C14H23ClN2O2S. The summed E-state index contributed by atoms with van der Waals surface area (Å²) >= 11 is 0. The SMILES string of the molecule is CC(N)CCNS(=O)(=O)c1ccc2c(c1)CCCC2.Cl. The fourth-order valence-electron chi connectivity index (χ4n) is 2.38. The third kappa shape index (κ3) is 4.45. The maximum atomic E-state index is 12.1. The molecule has 0 heterocycles. The van der Waals surface area contributed by atoms with Gasteiger partial charge in [0.2, 0.25) is 10.0 Å². The Balaban J connectivity index is 0.00000200. The van der Waals surface area contributed by atoms with Crippen molar-refractivity contribution < 1.29 is 8.42 Å². The topological polar surface area (TPSA) is 72.2 Å². The van der Waals surface area contributed by atoms with Crippen LogP contribution in [0.25, 0.3) is 0 Å². The van der Waals surface area contributed by atoms with Crippen LogP contribution in [0, 0.1) is 0 Å². The third-order valence-electron chi connectivity index (χ3n) is 3.52. The third-order valence-corrected chi connectivity index (χ3v) is 4.98. The second-order valence-electron chi connectivity index (χ2n) is 5.30. The summed E-state index contributed by atoms with van der Waals surface area (Å²) in [5.41, 5.74) is 8.09. The van der Waals surface area contributed by atoms with E-state index >= 15 is 0 Å². The first-order valence-electron chi connectivity index (χ1n) is 6.86. The molecule has 0 spiro atoms. The van der Waals surface area contributed by atoms with Gasteiger partial charge < -0.3 is 5.73 Å². The van der Waals surface area contributed by atoms with E-state index < -0.39 is 10.0 Å².